The number of aromatic nitrogens is 2. The maximum atomic E-state index is 13.9. The van der Waals surface area contributed by atoms with Gasteiger partial charge in [0, 0.05) is 11.6 Å². The standard InChI is InChI=1S/C20H16F6N4O/c1-13-12-16(30(29-13)15-10-6-3-7-11-15)27-18(19(21,22)23,20(24,25)26)28-17(31)14-8-4-2-5-9-14/h2-12,27H,1H3,(H,28,31). The Morgan fingerprint density at radius 1 is 0.871 bits per heavy atom. The van der Waals surface area contributed by atoms with Gasteiger partial charge >= 0.3 is 18.0 Å². The van der Waals surface area contributed by atoms with Gasteiger partial charge in [0.25, 0.3) is 5.91 Å². The molecule has 3 aromatic rings. The number of hydrogen-bond donors (Lipinski definition) is 2. The lowest BCUT2D eigenvalue weighted by Gasteiger charge is -2.38. The number of anilines is 1. The van der Waals surface area contributed by atoms with E-state index in [-0.39, 0.29) is 16.9 Å². The summed E-state index contributed by atoms with van der Waals surface area (Å²) < 4.78 is 84.6. The van der Waals surface area contributed by atoms with E-state index >= 15 is 0 Å². The number of amides is 1. The van der Waals surface area contributed by atoms with E-state index in [1.54, 1.807) is 18.2 Å². The molecular formula is C20H16F6N4O. The molecule has 0 atom stereocenters. The summed E-state index contributed by atoms with van der Waals surface area (Å²) in [6, 6.07) is 15.0. The number of aryl methyl sites for hydroxylation is 1. The lowest BCUT2D eigenvalue weighted by Crippen LogP contribution is -2.72. The third-order valence-corrected chi connectivity index (χ3v) is 4.34. The maximum Gasteiger partial charge on any atom is 0.439 e. The highest BCUT2D eigenvalue weighted by Crippen LogP contribution is 2.44. The van der Waals surface area contributed by atoms with Gasteiger partial charge in [-0.1, -0.05) is 36.4 Å². The summed E-state index contributed by atoms with van der Waals surface area (Å²) in [5.41, 5.74) is -4.74. The molecule has 1 aromatic heterocycles. The van der Waals surface area contributed by atoms with E-state index in [2.05, 4.69) is 5.10 Å². The van der Waals surface area contributed by atoms with Crippen molar-refractivity contribution in [2.75, 3.05) is 5.32 Å². The topological polar surface area (TPSA) is 58.9 Å². The second-order valence-corrected chi connectivity index (χ2v) is 6.61. The molecular weight excluding hydrogens is 426 g/mol. The Labute approximate surface area is 172 Å². The van der Waals surface area contributed by atoms with Crippen LogP contribution in [0.1, 0.15) is 16.1 Å². The highest BCUT2D eigenvalue weighted by atomic mass is 19.4. The minimum Gasteiger partial charge on any atom is -0.332 e. The Kier molecular flexibility index (Phi) is 5.70. The molecule has 1 heterocycles. The molecule has 1 amide bonds. The molecule has 0 saturated heterocycles. The summed E-state index contributed by atoms with van der Waals surface area (Å²) in [7, 11) is 0. The fourth-order valence-corrected chi connectivity index (χ4v) is 2.85. The van der Waals surface area contributed by atoms with Gasteiger partial charge in [-0.05, 0) is 31.2 Å². The lowest BCUT2D eigenvalue weighted by molar-refractivity contribution is -0.294. The first kappa shape index (κ1) is 22.2. The fourth-order valence-electron chi connectivity index (χ4n) is 2.85. The first-order valence-electron chi connectivity index (χ1n) is 8.86. The number of para-hydroxylation sites is 1. The van der Waals surface area contributed by atoms with Crippen molar-refractivity contribution < 1.29 is 31.1 Å². The summed E-state index contributed by atoms with van der Waals surface area (Å²) >= 11 is 0. The van der Waals surface area contributed by atoms with Gasteiger partial charge in [0.15, 0.2) is 0 Å². The third kappa shape index (κ3) is 4.35. The first-order valence-corrected chi connectivity index (χ1v) is 8.86. The summed E-state index contributed by atoms with van der Waals surface area (Å²) in [5.74, 6) is -2.16. The van der Waals surface area contributed by atoms with Crippen LogP contribution in [0, 0.1) is 6.92 Å². The maximum absolute atomic E-state index is 13.9. The number of halogens is 6. The van der Waals surface area contributed by atoms with Gasteiger partial charge in [0.2, 0.25) is 0 Å². The zero-order valence-electron chi connectivity index (χ0n) is 15.9. The van der Waals surface area contributed by atoms with Gasteiger partial charge < -0.3 is 10.6 Å². The summed E-state index contributed by atoms with van der Waals surface area (Å²) in [6.07, 6.45) is -11.9. The highest BCUT2D eigenvalue weighted by molar-refractivity contribution is 5.95. The average Bonchev–Trinajstić information content (AvgIpc) is 3.07. The second-order valence-electron chi connectivity index (χ2n) is 6.61. The number of carbonyl (C=O) groups excluding carboxylic acids is 1. The fraction of sp³-hybridized carbons (Fsp3) is 0.200. The zero-order chi connectivity index (χ0) is 22.9. The average molecular weight is 442 g/mol. The van der Waals surface area contributed by atoms with Crippen molar-refractivity contribution in [3.8, 4) is 5.69 Å². The molecule has 5 nitrogen and oxygen atoms in total. The van der Waals surface area contributed by atoms with Crippen LogP contribution in [-0.4, -0.2) is 33.7 Å². The van der Waals surface area contributed by atoms with E-state index in [4.69, 9.17) is 0 Å². The van der Waals surface area contributed by atoms with E-state index < -0.39 is 29.7 Å². The predicted octanol–water partition coefficient (Wildman–Crippen LogP) is 4.84. The molecule has 0 bridgehead atoms. The molecule has 164 valence electrons. The number of nitrogens with zero attached hydrogens (tertiary/aromatic N) is 2. The minimum atomic E-state index is -5.95. The number of hydrogen-bond acceptors (Lipinski definition) is 3. The molecule has 0 aliphatic carbocycles. The number of carbonyl (C=O) groups is 1. The van der Waals surface area contributed by atoms with Crippen molar-refractivity contribution in [1.29, 1.82) is 0 Å². The van der Waals surface area contributed by atoms with Crippen LogP contribution >= 0.6 is 0 Å². The van der Waals surface area contributed by atoms with Crippen LogP contribution in [0.5, 0.6) is 0 Å². The van der Waals surface area contributed by atoms with Crippen LogP contribution in [0.3, 0.4) is 0 Å². The van der Waals surface area contributed by atoms with Crippen molar-refractivity contribution >= 4 is 11.7 Å². The Morgan fingerprint density at radius 3 is 1.90 bits per heavy atom. The lowest BCUT2D eigenvalue weighted by atomic mass is 10.1. The summed E-state index contributed by atoms with van der Waals surface area (Å²) in [5, 5.41) is 6.57. The van der Waals surface area contributed by atoms with Crippen molar-refractivity contribution in [3.05, 3.63) is 78.0 Å². The van der Waals surface area contributed by atoms with Crippen LogP contribution in [0.25, 0.3) is 5.69 Å². The summed E-state index contributed by atoms with van der Waals surface area (Å²) in [6.45, 7) is 1.41. The Bertz CT molecular complexity index is 1030. The second kappa shape index (κ2) is 7.97. The highest BCUT2D eigenvalue weighted by Gasteiger charge is 2.73. The molecule has 0 spiro atoms. The minimum absolute atomic E-state index is 0.166. The van der Waals surface area contributed by atoms with E-state index in [1.165, 1.54) is 42.6 Å². The van der Waals surface area contributed by atoms with Crippen LogP contribution in [0.15, 0.2) is 66.7 Å². The van der Waals surface area contributed by atoms with Crippen LogP contribution < -0.4 is 10.6 Å². The molecule has 0 fully saturated rings. The van der Waals surface area contributed by atoms with Crippen molar-refractivity contribution in [3.63, 3.8) is 0 Å². The molecule has 0 unspecified atom stereocenters. The molecule has 0 saturated carbocycles. The number of rotatable bonds is 5. The molecule has 0 aliphatic rings. The molecule has 0 radical (unpaired) electrons. The van der Waals surface area contributed by atoms with Gasteiger partial charge in [-0.3, -0.25) is 4.79 Å². The van der Waals surface area contributed by atoms with Crippen molar-refractivity contribution in [2.24, 2.45) is 0 Å². The monoisotopic (exact) mass is 442 g/mol. The molecule has 2 aromatic carbocycles. The van der Waals surface area contributed by atoms with E-state index in [0.717, 1.165) is 28.2 Å². The zero-order valence-corrected chi connectivity index (χ0v) is 15.9. The van der Waals surface area contributed by atoms with Gasteiger partial charge in [-0.25, -0.2) is 4.68 Å². The van der Waals surface area contributed by atoms with E-state index in [0.29, 0.717) is 0 Å². The summed E-state index contributed by atoms with van der Waals surface area (Å²) in [4.78, 5) is 12.3. The first-order chi connectivity index (χ1) is 14.4. The Balaban J connectivity index is 2.12. The normalized spacial score (nSPS) is 12.5. The number of benzene rings is 2. The predicted molar refractivity (Wildman–Crippen MR) is 101 cm³/mol. The molecule has 0 aliphatic heterocycles. The quantitative estimate of drug-likeness (QED) is 0.439. The number of alkyl halides is 6. The molecule has 11 heteroatoms. The van der Waals surface area contributed by atoms with E-state index in [9.17, 15) is 31.1 Å². The van der Waals surface area contributed by atoms with Crippen LogP contribution in [0.4, 0.5) is 32.2 Å². The SMILES string of the molecule is Cc1cc(NC(NC(=O)c2ccccc2)(C(F)(F)F)C(F)(F)F)n(-c2ccccc2)n1. The Morgan fingerprint density at radius 2 is 1.39 bits per heavy atom. The number of nitrogens with one attached hydrogen (secondary N) is 2. The van der Waals surface area contributed by atoms with Gasteiger partial charge in [-0.2, -0.15) is 31.4 Å². The molecule has 3 rings (SSSR count). The van der Waals surface area contributed by atoms with Crippen LogP contribution in [0.2, 0.25) is 0 Å². The smallest absolute Gasteiger partial charge is 0.332 e. The van der Waals surface area contributed by atoms with Gasteiger partial charge in [-0.15, -0.1) is 0 Å². The van der Waals surface area contributed by atoms with Gasteiger partial charge in [0.05, 0.1) is 11.4 Å². The Hall–Kier alpha value is -3.50. The van der Waals surface area contributed by atoms with E-state index in [1.807, 2.05) is 0 Å². The van der Waals surface area contributed by atoms with Gasteiger partial charge in [0.1, 0.15) is 5.82 Å². The molecule has 2 N–H and O–H groups in total. The van der Waals surface area contributed by atoms with Crippen molar-refractivity contribution in [2.45, 2.75) is 24.9 Å². The molecule has 31 heavy (non-hydrogen) atoms. The van der Waals surface area contributed by atoms with Crippen molar-refractivity contribution in [1.82, 2.24) is 15.1 Å². The third-order valence-electron chi connectivity index (χ3n) is 4.34. The largest absolute Gasteiger partial charge is 0.439 e. The van der Waals surface area contributed by atoms with Crippen LogP contribution in [-0.2, 0) is 0 Å².